The second kappa shape index (κ2) is 8.06. The first-order valence-corrected chi connectivity index (χ1v) is 9.97. The molecule has 3 nitrogen and oxygen atoms in total. The number of hydrogen-bond donors (Lipinski definition) is 1. The highest BCUT2D eigenvalue weighted by molar-refractivity contribution is 7.72. The molecule has 0 aromatic heterocycles. The van der Waals surface area contributed by atoms with Crippen LogP contribution < -0.4 is 5.30 Å². The number of hydrogen-bond acceptors (Lipinski definition) is 3. The van der Waals surface area contributed by atoms with E-state index < -0.39 is 7.37 Å². The lowest BCUT2D eigenvalue weighted by molar-refractivity contribution is 0.347. The number of aromatic hydroxyl groups is 1. The van der Waals surface area contributed by atoms with Gasteiger partial charge < -0.3 is 9.63 Å². The van der Waals surface area contributed by atoms with Crippen LogP contribution in [-0.2, 0) is 9.09 Å². The molecular weight excluding hydrogens is 343 g/mol. The van der Waals surface area contributed by atoms with Crippen molar-refractivity contribution in [2.45, 2.75) is 6.92 Å². The third-order valence-electron chi connectivity index (χ3n) is 3.83. The lowest BCUT2D eigenvalue weighted by atomic mass is 10.1. The van der Waals surface area contributed by atoms with Crippen LogP contribution in [0, 0.1) is 11.6 Å². The Kier molecular flexibility index (Phi) is 5.58. The van der Waals surface area contributed by atoms with Gasteiger partial charge in [-0.15, -0.1) is 0 Å². The maximum absolute atomic E-state index is 13.4. The van der Waals surface area contributed by atoms with Crippen LogP contribution in [0.25, 0.3) is 11.1 Å². The molecule has 0 saturated heterocycles. The SMILES string of the molecule is CCOP(=O)(C#Cc1ccccc1)c1cc(-c2ccccc2)ccc1O. The summed E-state index contributed by atoms with van der Waals surface area (Å²) >= 11 is 0. The van der Waals surface area contributed by atoms with Crippen LogP contribution in [0.1, 0.15) is 12.5 Å². The van der Waals surface area contributed by atoms with E-state index in [1.165, 1.54) is 6.07 Å². The Bertz CT molecular complexity index is 986. The minimum atomic E-state index is -3.53. The predicted octanol–water partition coefficient (Wildman–Crippen LogP) is 5.01. The fourth-order valence-corrected chi connectivity index (χ4v) is 4.22. The Balaban J connectivity index is 2.08. The van der Waals surface area contributed by atoms with Gasteiger partial charge in [0.25, 0.3) is 0 Å². The first-order valence-electron chi connectivity index (χ1n) is 8.34. The van der Waals surface area contributed by atoms with Crippen LogP contribution in [0.3, 0.4) is 0 Å². The van der Waals surface area contributed by atoms with Crippen LogP contribution in [0.2, 0.25) is 0 Å². The van der Waals surface area contributed by atoms with E-state index in [-0.39, 0.29) is 17.7 Å². The molecule has 3 rings (SSSR count). The van der Waals surface area contributed by atoms with Crippen LogP contribution >= 0.6 is 7.37 Å². The summed E-state index contributed by atoms with van der Waals surface area (Å²) < 4.78 is 19.0. The number of benzene rings is 3. The van der Waals surface area contributed by atoms with Gasteiger partial charge in [-0.1, -0.05) is 60.5 Å². The molecule has 0 saturated carbocycles. The molecule has 26 heavy (non-hydrogen) atoms. The maximum atomic E-state index is 13.4. The largest absolute Gasteiger partial charge is 0.507 e. The van der Waals surface area contributed by atoms with Crippen LogP contribution in [0.5, 0.6) is 5.75 Å². The molecule has 1 N–H and O–H groups in total. The molecule has 1 unspecified atom stereocenters. The molecule has 3 aromatic carbocycles. The van der Waals surface area contributed by atoms with Gasteiger partial charge in [-0.2, -0.15) is 0 Å². The normalized spacial score (nSPS) is 12.7. The number of phenols is 1. The second-order valence-electron chi connectivity index (χ2n) is 5.64. The van der Waals surface area contributed by atoms with E-state index in [0.717, 1.165) is 16.7 Å². The molecule has 0 amide bonds. The van der Waals surface area contributed by atoms with Gasteiger partial charge >= 0.3 is 7.37 Å². The van der Waals surface area contributed by atoms with Gasteiger partial charge in [0, 0.05) is 5.56 Å². The van der Waals surface area contributed by atoms with Gasteiger partial charge in [-0.25, -0.2) is 0 Å². The fraction of sp³-hybridized carbons (Fsp3) is 0.0909. The molecule has 0 aliphatic carbocycles. The van der Waals surface area contributed by atoms with Gasteiger partial charge in [0.05, 0.1) is 11.9 Å². The Labute approximate surface area is 153 Å². The van der Waals surface area contributed by atoms with Crippen molar-refractivity contribution in [1.82, 2.24) is 0 Å². The van der Waals surface area contributed by atoms with Crippen molar-refractivity contribution in [2.75, 3.05) is 6.61 Å². The highest BCUT2D eigenvalue weighted by atomic mass is 31.2. The monoisotopic (exact) mass is 362 g/mol. The van der Waals surface area contributed by atoms with Crippen molar-refractivity contribution in [3.05, 3.63) is 84.4 Å². The summed E-state index contributed by atoms with van der Waals surface area (Å²) in [7, 11) is -3.53. The van der Waals surface area contributed by atoms with Gasteiger partial charge in [-0.3, -0.25) is 4.57 Å². The lowest BCUT2D eigenvalue weighted by Gasteiger charge is -2.15. The maximum Gasteiger partial charge on any atom is 0.307 e. The second-order valence-corrected chi connectivity index (χ2v) is 7.71. The average Bonchev–Trinajstić information content (AvgIpc) is 2.68. The van der Waals surface area contributed by atoms with Gasteiger partial charge in [0.15, 0.2) is 0 Å². The molecule has 130 valence electrons. The molecule has 0 aliphatic rings. The van der Waals surface area contributed by atoms with Crippen LogP contribution in [0.15, 0.2) is 78.9 Å². The van der Waals surface area contributed by atoms with E-state index in [1.54, 1.807) is 19.1 Å². The number of rotatable bonds is 4. The Hall–Kier alpha value is -2.79. The Morgan fingerprint density at radius 3 is 2.23 bits per heavy atom. The van der Waals surface area contributed by atoms with Crippen molar-refractivity contribution in [3.8, 4) is 28.5 Å². The summed E-state index contributed by atoms with van der Waals surface area (Å²) in [5.41, 5.74) is 5.33. The van der Waals surface area contributed by atoms with E-state index in [0.29, 0.717) is 0 Å². The zero-order valence-corrected chi connectivity index (χ0v) is 15.3. The van der Waals surface area contributed by atoms with Crippen molar-refractivity contribution in [3.63, 3.8) is 0 Å². The summed E-state index contributed by atoms with van der Waals surface area (Å²) in [5, 5.41) is 10.5. The van der Waals surface area contributed by atoms with Crippen molar-refractivity contribution in [1.29, 1.82) is 0 Å². The molecule has 0 fully saturated rings. The summed E-state index contributed by atoms with van der Waals surface area (Å²) in [6.07, 6.45) is 0. The minimum absolute atomic E-state index is 0.0798. The summed E-state index contributed by atoms with van der Waals surface area (Å²) in [5.74, 6) is 2.83. The summed E-state index contributed by atoms with van der Waals surface area (Å²) in [4.78, 5) is 0. The van der Waals surface area contributed by atoms with E-state index >= 15 is 0 Å². The molecule has 4 heteroatoms. The smallest absolute Gasteiger partial charge is 0.307 e. The standard InChI is InChI=1S/C22H19O3P/c1-2-25-26(24,16-15-18-9-5-3-6-10-18)22-17-20(13-14-21(22)23)19-11-7-4-8-12-19/h3-14,17,23H,2H2,1H3. The molecule has 0 radical (unpaired) electrons. The van der Waals surface area contributed by atoms with Crippen molar-refractivity contribution >= 4 is 12.7 Å². The van der Waals surface area contributed by atoms with E-state index in [9.17, 15) is 9.67 Å². The van der Waals surface area contributed by atoms with E-state index in [1.807, 2.05) is 60.7 Å². The molecule has 0 aliphatic heterocycles. The van der Waals surface area contributed by atoms with Gasteiger partial charge in [0.2, 0.25) is 0 Å². The highest BCUT2D eigenvalue weighted by Crippen LogP contribution is 2.47. The van der Waals surface area contributed by atoms with Crippen molar-refractivity contribution in [2.24, 2.45) is 0 Å². The first-order chi connectivity index (χ1) is 12.6. The Morgan fingerprint density at radius 2 is 1.58 bits per heavy atom. The predicted molar refractivity (Wildman–Crippen MR) is 106 cm³/mol. The first kappa shape index (κ1) is 18.0. The minimum Gasteiger partial charge on any atom is -0.507 e. The van der Waals surface area contributed by atoms with Crippen LogP contribution in [0.4, 0.5) is 0 Å². The van der Waals surface area contributed by atoms with E-state index in [4.69, 9.17) is 4.52 Å². The molecule has 0 spiro atoms. The molecular formula is C22H19O3P. The summed E-state index contributed by atoms with van der Waals surface area (Å²) in [6.45, 7) is 1.99. The zero-order chi connectivity index (χ0) is 18.4. The van der Waals surface area contributed by atoms with Gasteiger partial charge in [-0.05, 0) is 48.0 Å². The topological polar surface area (TPSA) is 46.5 Å². The quantitative estimate of drug-likeness (QED) is 0.524. The Morgan fingerprint density at radius 1 is 0.923 bits per heavy atom. The molecule has 0 bridgehead atoms. The van der Waals surface area contributed by atoms with Crippen molar-refractivity contribution < 1.29 is 14.2 Å². The average molecular weight is 362 g/mol. The lowest BCUT2D eigenvalue weighted by Crippen LogP contribution is -2.08. The number of phenolic OH excluding ortho intramolecular Hbond substituents is 1. The van der Waals surface area contributed by atoms with Gasteiger partial charge in [0.1, 0.15) is 5.75 Å². The zero-order valence-electron chi connectivity index (χ0n) is 14.4. The fourth-order valence-electron chi connectivity index (χ4n) is 2.57. The third kappa shape index (κ3) is 4.06. The summed E-state index contributed by atoms with van der Waals surface area (Å²) in [6, 6.07) is 24.0. The molecule has 1 atom stereocenters. The molecule has 0 heterocycles. The molecule has 3 aromatic rings. The van der Waals surface area contributed by atoms with E-state index in [2.05, 4.69) is 11.6 Å². The highest BCUT2D eigenvalue weighted by Gasteiger charge is 2.27. The van der Waals surface area contributed by atoms with Crippen LogP contribution in [-0.4, -0.2) is 11.7 Å². The third-order valence-corrected chi connectivity index (χ3v) is 5.85.